The molecule has 2 aromatic rings. The lowest BCUT2D eigenvalue weighted by molar-refractivity contribution is 0.0285. The third-order valence-corrected chi connectivity index (χ3v) is 5.68. The fourth-order valence-corrected chi connectivity index (χ4v) is 4.26. The Morgan fingerprint density at radius 1 is 0.964 bits per heavy atom. The highest BCUT2D eigenvalue weighted by Crippen LogP contribution is 2.38. The Kier molecular flexibility index (Phi) is 6.81. The van der Waals surface area contributed by atoms with E-state index in [4.69, 9.17) is 14.2 Å². The summed E-state index contributed by atoms with van der Waals surface area (Å²) >= 11 is 0. The zero-order valence-corrected chi connectivity index (χ0v) is 17.1. The highest BCUT2D eigenvalue weighted by molar-refractivity contribution is 5.50. The van der Waals surface area contributed by atoms with Crippen LogP contribution in [-0.2, 0) is 13.0 Å². The van der Waals surface area contributed by atoms with Gasteiger partial charge < -0.3 is 19.3 Å². The summed E-state index contributed by atoms with van der Waals surface area (Å²) in [5.41, 5.74) is 2.24. The summed E-state index contributed by atoms with van der Waals surface area (Å²) < 4.78 is 16.4. The van der Waals surface area contributed by atoms with Crippen LogP contribution in [0, 0.1) is 5.41 Å². The third-order valence-electron chi connectivity index (χ3n) is 5.68. The minimum Gasteiger partial charge on any atom is -0.496 e. The quantitative estimate of drug-likeness (QED) is 0.753. The Morgan fingerprint density at radius 2 is 1.64 bits per heavy atom. The van der Waals surface area contributed by atoms with E-state index in [1.165, 1.54) is 5.56 Å². The average Bonchev–Trinajstić information content (AvgIpc) is 2.74. The smallest absolute Gasteiger partial charge is 0.164 e. The van der Waals surface area contributed by atoms with E-state index in [0.717, 1.165) is 50.2 Å². The van der Waals surface area contributed by atoms with E-state index in [1.807, 2.05) is 18.2 Å². The second-order valence-corrected chi connectivity index (χ2v) is 7.65. The van der Waals surface area contributed by atoms with Crippen LogP contribution < -0.4 is 14.2 Å². The molecule has 0 aliphatic carbocycles. The van der Waals surface area contributed by atoms with Crippen molar-refractivity contribution in [2.75, 3.05) is 41.0 Å². The summed E-state index contributed by atoms with van der Waals surface area (Å²) in [5, 5.41) is 10.3. The first-order valence-electron chi connectivity index (χ1n) is 9.79. The number of likely N-dealkylation sites (tertiary alicyclic amines) is 1. The summed E-state index contributed by atoms with van der Waals surface area (Å²) in [6.45, 7) is 2.81. The van der Waals surface area contributed by atoms with Gasteiger partial charge in [0.25, 0.3) is 0 Å². The lowest BCUT2D eigenvalue weighted by Crippen LogP contribution is -2.46. The number of benzene rings is 2. The number of methoxy groups -OCH3 is 3. The van der Waals surface area contributed by atoms with Gasteiger partial charge in [0.05, 0.1) is 27.9 Å². The SMILES string of the molecule is COc1cc(OC)c(OC)cc1CN1CCC[C@@](CO)(Cc2ccccc2)C1. The monoisotopic (exact) mass is 385 g/mol. The van der Waals surface area contributed by atoms with Crippen LogP contribution in [0.2, 0.25) is 0 Å². The Bertz CT molecular complexity index is 765. The van der Waals surface area contributed by atoms with Gasteiger partial charge in [0.15, 0.2) is 11.5 Å². The number of ether oxygens (including phenoxy) is 3. The van der Waals surface area contributed by atoms with E-state index in [-0.39, 0.29) is 12.0 Å². The zero-order chi connectivity index (χ0) is 20.0. The maximum Gasteiger partial charge on any atom is 0.164 e. The molecule has 1 N–H and O–H groups in total. The highest BCUT2D eigenvalue weighted by atomic mass is 16.5. The lowest BCUT2D eigenvalue weighted by Gasteiger charge is -2.42. The standard InChI is InChI=1S/C23H31NO4/c1-26-20-13-22(28-3)21(27-2)12-19(20)15-24-11-7-10-23(16-24,17-25)14-18-8-5-4-6-9-18/h4-6,8-9,12-13,25H,7,10-11,14-17H2,1-3H3/t23-/m1/s1. The molecule has 1 aliphatic heterocycles. The van der Waals surface area contributed by atoms with Gasteiger partial charge >= 0.3 is 0 Å². The molecular weight excluding hydrogens is 354 g/mol. The first-order valence-corrected chi connectivity index (χ1v) is 9.79. The van der Waals surface area contributed by atoms with E-state index < -0.39 is 0 Å². The number of nitrogens with zero attached hydrogens (tertiary/aromatic N) is 1. The molecule has 152 valence electrons. The molecule has 0 unspecified atom stereocenters. The van der Waals surface area contributed by atoms with Crippen LogP contribution in [0.1, 0.15) is 24.0 Å². The predicted octanol–water partition coefficient (Wildman–Crippen LogP) is 3.53. The highest BCUT2D eigenvalue weighted by Gasteiger charge is 2.35. The van der Waals surface area contributed by atoms with Gasteiger partial charge in [0, 0.05) is 30.1 Å². The van der Waals surface area contributed by atoms with Gasteiger partial charge in [0.1, 0.15) is 5.75 Å². The van der Waals surface area contributed by atoms with Crippen LogP contribution in [0.5, 0.6) is 17.2 Å². The molecule has 1 atom stereocenters. The molecular formula is C23H31NO4. The largest absolute Gasteiger partial charge is 0.496 e. The van der Waals surface area contributed by atoms with Crippen molar-refractivity contribution in [1.29, 1.82) is 0 Å². The van der Waals surface area contributed by atoms with E-state index in [9.17, 15) is 5.11 Å². The molecule has 3 rings (SSSR count). The third kappa shape index (κ3) is 4.59. The Hall–Kier alpha value is -2.24. The lowest BCUT2D eigenvalue weighted by atomic mass is 9.75. The van der Waals surface area contributed by atoms with Gasteiger partial charge in [-0.2, -0.15) is 0 Å². The van der Waals surface area contributed by atoms with E-state index in [0.29, 0.717) is 11.5 Å². The van der Waals surface area contributed by atoms with Crippen molar-refractivity contribution in [3.05, 3.63) is 53.6 Å². The van der Waals surface area contributed by atoms with Crippen molar-refractivity contribution < 1.29 is 19.3 Å². The fourth-order valence-electron chi connectivity index (χ4n) is 4.26. The van der Waals surface area contributed by atoms with Crippen LogP contribution >= 0.6 is 0 Å². The second-order valence-electron chi connectivity index (χ2n) is 7.65. The first kappa shape index (κ1) is 20.5. The predicted molar refractivity (Wildman–Crippen MR) is 110 cm³/mol. The molecule has 1 aliphatic rings. The van der Waals surface area contributed by atoms with Gasteiger partial charge in [-0.3, -0.25) is 4.90 Å². The molecule has 2 aromatic carbocycles. The first-order chi connectivity index (χ1) is 13.6. The number of hydrogen-bond donors (Lipinski definition) is 1. The van der Waals surface area contributed by atoms with Crippen molar-refractivity contribution in [3.8, 4) is 17.2 Å². The molecule has 0 spiro atoms. The fraction of sp³-hybridized carbons (Fsp3) is 0.478. The molecule has 0 aromatic heterocycles. The topological polar surface area (TPSA) is 51.2 Å². The summed E-state index contributed by atoms with van der Waals surface area (Å²) in [6.07, 6.45) is 3.00. The molecule has 1 heterocycles. The van der Waals surface area contributed by atoms with Crippen molar-refractivity contribution in [2.24, 2.45) is 5.41 Å². The van der Waals surface area contributed by atoms with Crippen LogP contribution in [0.3, 0.4) is 0 Å². The van der Waals surface area contributed by atoms with Crippen molar-refractivity contribution in [1.82, 2.24) is 4.90 Å². The number of piperidine rings is 1. The summed E-state index contributed by atoms with van der Waals surface area (Å²) in [4.78, 5) is 2.41. The maximum absolute atomic E-state index is 10.3. The van der Waals surface area contributed by atoms with Crippen LogP contribution in [0.25, 0.3) is 0 Å². The van der Waals surface area contributed by atoms with E-state index in [2.05, 4.69) is 29.2 Å². The Balaban J connectivity index is 1.79. The molecule has 28 heavy (non-hydrogen) atoms. The van der Waals surface area contributed by atoms with Gasteiger partial charge in [-0.1, -0.05) is 30.3 Å². The Labute approximate surface area is 167 Å². The van der Waals surface area contributed by atoms with Crippen LogP contribution in [-0.4, -0.2) is 51.0 Å². The Morgan fingerprint density at radius 3 is 2.29 bits per heavy atom. The molecule has 0 bridgehead atoms. The minimum atomic E-state index is -0.108. The number of aliphatic hydroxyl groups excluding tert-OH is 1. The average molecular weight is 386 g/mol. The molecule has 0 radical (unpaired) electrons. The minimum absolute atomic E-state index is 0.108. The van der Waals surface area contributed by atoms with E-state index in [1.54, 1.807) is 21.3 Å². The van der Waals surface area contributed by atoms with Gasteiger partial charge in [-0.25, -0.2) is 0 Å². The summed E-state index contributed by atoms with van der Waals surface area (Å²) in [7, 11) is 4.95. The normalized spacial score (nSPS) is 20.0. The summed E-state index contributed by atoms with van der Waals surface area (Å²) in [5.74, 6) is 2.16. The number of aliphatic hydroxyl groups is 1. The zero-order valence-electron chi connectivity index (χ0n) is 17.1. The van der Waals surface area contributed by atoms with Gasteiger partial charge in [-0.05, 0) is 37.4 Å². The van der Waals surface area contributed by atoms with Crippen molar-refractivity contribution >= 4 is 0 Å². The molecule has 5 nitrogen and oxygen atoms in total. The van der Waals surface area contributed by atoms with Crippen LogP contribution in [0.15, 0.2) is 42.5 Å². The molecule has 1 saturated heterocycles. The van der Waals surface area contributed by atoms with Gasteiger partial charge in [-0.15, -0.1) is 0 Å². The number of rotatable bonds is 8. The van der Waals surface area contributed by atoms with Crippen molar-refractivity contribution in [3.63, 3.8) is 0 Å². The molecule has 0 saturated carbocycles. The maximum atomic E-state index is 10.3. The number of hydrogen-bond acceptors (Lipinski definition) is 5. The van der Waals surface area contributed by atoms with Crippen LogP contribution in [0.4, 0.5) is 0 Å². The van der Waals surface area contributed by atoms with Crippen molar-refractivity contribution in [2.45, 2.75) is 25.8 Å². The molecule has 0 amide bonds. The van der Waals surface area contributed by atoms with Gasteiger partial charge in [0.2, 0.25) is 0 Å². The second kappa shape index (κ2) is 9.30. The summed E-state index contributed by atoms with van der Waals surface area (Å²) in [6, 6.07) is 14.3. The molecule has 1 fully saturated rings. The molecule has 5 heteroatoms. The van der Waals surface area contributed by atoms with E-state index >= 15 is 0 Å².